The molecule has 0 saturated heterocycles. The quantitative estimate of drug-likeness (QED) is 0.800. The van der Waals surface area contributed by atoms with E-state index in [1.54, 1.807) is 18.8 Å². The maximum absolute atomic E-state index is 13.1. The lowest BCUT2D eigenvalue weighted by Gasteiger charge is -2.06. The van der Waals surface area contributed by atoms with E-state index in [1.165, 1.54) is 6.07 Å². The van der Waals surface area contributed by atoms with Gasteiger partial charge in [0.15, 0.2) is 0 Å². The standard InChI is InChI=1S/C14H11F3N/c1-9-4-11(8-18-7-9)5-10-2-3-13(15)12(6-10)14(16)17/h2-8,14H,1H3. The number of nitrogens with zero attached hydrogens (tertiary/aromatic N) is 1. The lowest BCUT2D eigenvalue weighted by atomic mass is 10.0. The highest BCUT2D eigenvalue weighted by molar-refractivity contribution is 5.39. The molecule has 93 valence electrons. The number of alkyl halides is 2. The summed E-state index contributed by atoms with van der Waals surface area (Å²) in [6.07, 6.45) is 2.20. The third-order valence-electron chi connectivity index (χ3n) is 2.48. The molecule has 1 aromatic heterocycles. The minimum atomic E-state index is -2.81. The van der Waals surface area contributed by atoms with Crippen molar-refractivity contribution < 1.29 is 13.2 Å². The molecule has 2 aromatic rings. The highest BCUT2D eigenvalue weighted by Crippen LogP contribution is 2.24. The highest BCUT2D eigenvalue weighted by Gasteiger charge is 2.13. The van der Waals surface area contributed by atoms with Crippen molar-refractivity contribution in [2.24, 2.45) is 0 Å². The van der Waals surface area contributed by atoms with Gasteiger partial charge in [0, 0.05) is 18.8 Å². The Kier molecular flexibility index (Phi) is 3.65. The van der Waals surface area contributed by atoms with Crippen LogP contribution in [-0.4, -0.2) is 4.98 Å². The first-order valence-electron chi connectivity index (χ1n) is 5.40. The normalized spacial score (nSPS) is 10.9. The molecule has 2 rings (SSSR count). The molecular weight excluding hydrogens is 239 g/mol. The summed E-state index contributed by atoms with van der Waals surface area (Å²) in [5.41, 5.74) is 1.71. The van der Waals surface area contributed by atoms with Gasteiger partial charge >= 0.3 is 0 Å². The number of pyridine rings is 1. The van der Waals surface area contributed by atoms with E-state index in [1.807, 2.05) is 13.0 Å². The summed E-state index contributed by atoms with van der Waals surface area (Å²) in [6.45, 7) is 1.89. The van der Waals surface area contributed by atoms with Crippen molar-refractivity contribution in [3.05, 3.63) is 71.2 Å². The molecule has 4 heteroatoms. The fourth-order valence-corrected chi connectivity index (χ4v) is 1.67. The molecule has 0 fully saturated rings. The number of aromatic nitrogens is 1. The lowest BCUT2D eigenvalue weighted by Crippen LogP contribution is -1.94. The second-order valence-corrected chi connectivity index (χ2v) is 4.02. The van der Waals surface area contributed by atoms with E-state index in [4.69, 9.17) is 0 Å². The Morgan fingerprint density at radius 3 is 2.56 bits per heavy atom. The van der Waals surface area contributed by atoms with Crippen molar-refractivity contribution in [2.75, 3.05) is 0 Å². The van der Waals surface area contributed by atoms with E-state index in [9.17, 15) is 13.2 Å². The van der Waals surface area contributed by atoms with Crippen LogP contribution in [-0.2, 0) is 0 Å². The summed E-state index contributed by atoms with van der Waals surface area (Å²) in [5.74, 6) is -0.885. The van der Waals surface area contributed by atoms with Crippen molar-refractivity contribution in [3.8, 4) is 0 Å². The van der Waals surface area contributed by atoms with Gasteiger partial charge in [-0.1, -0.05) is 12.1 Å². The van der Waals surface area contributed by atoms with Gasteiger partial charge in [-0.05, 0) is 35.7 Å². The van der Waals surface area contributed by atoms with Crippen LogP contribution in [0.3, 0.4) is 0 Å². The summed E-state index contributed by atoms with van der Waals surface area (Å²) in [6, 6.07) is 5.54. The SMILES string of the molecule is Cc1cncc([CH]c2ccc(F)c(C(F)F)c2)c1. The van der Waals surface area contributed by atoms with Crippen LogP contribution in [0.2, 0.25) is 0 Å². The van der Waals surface area contributed by atoms with Crippen molar-refractivity contribution in [2.45, 2.75) is 13.3 Å². The Hall–Kier alpha value is -1.84. The first kappa shape index (κ1) is 12.6. The number of halogens is 3. The molecule has 0 saturated carbocycles. The zero-order valence-corrected chi connectivity index (χ0v) is 9.70. The summed E-state index contributed by atoms with van der Waals surface area (Å²) >= 11 is 0. The Balaban J connectivity index is 2.27. The van der Waals surface area contributed by atoms with Gasteiger partial charge in [-0.15, -0.1) is 0 Å². The van der Waals surface area contributed by atoms with Crippen LogP contribution in [0.1, 0.15) is 28.7 Å². The largest absolute Gasteiger partial charge is 0.266 e. The Bertz CT molecular complexity index is 552. The third-order valence-corrected chi connectivity index (χ3v) is 2.48. The molecule has 1 aromatic carbocycles. The fourth-order valence-electron chi connectivity index (χ4n) is 1.67. The van der Waals surface area contributed by atoms with Gasteiger partial charge < -0.3 is 0 Å². The minimum absolute atomic E-state index is 0.527. The molecule has 0 amide bonds. The predicted octanol–water partition coefficient (Wildman–Crippen LogP) is 4.07. The molecule has 0 aliphatic carbocycles. The summed E-state index contributed by atoms with van der Waals surface area (Å²) < 4.78 is 38.2. The van der Waals surface area contributed by atoms with E-state index < -0.39 is 17.8 Å². The van der Waals surface area contributed by atoms with Gasteiger partial charge in [0.2, 0.25) is 0 Å². The van der Waals surface area contributed by atoms with Crippen LogP contribution in [0.25, 0.3) is 0 Å². The molecule has 0 aliphatic rings. The van der Waals surface area contributed by atoms with E-state index >= 15 is 0 Å². The Morgan fingerprint density at radius 2 is 1.89 bits per heavy atom. The van der Waals surface area contributed by atoms with Gasteiger partial charge in [-0.25, -0.2) is 13.2 Å². The van der Waals surface area contributed by atoms with Gasteiger partial charge in [0.05, 0.1) is 5.56 Å². The summed E-state index contributed by atoms with van der Waals surface area (Å²) in [4.78, 5) is 4.00. The Morgan fingerprint density at radius 1 is 1.11 bits per heavy atom. The molecule has 0 atom stereocenters. The van der Waals surface area contributed by atoms with E-state index in [2.05, 4.69) is 4.98 Å². The second-order valence-electron chi connectivity index (χ2n) is 4.02. The van der Waals surface area contributed by atoms with E-state index in [0.717, 1.165) is 23.3 Å². The number of rotatable bonds is 3. The zero-order valence-electron chi connectivity index (χ0n) is 9.70. The van der Waals surface area contributed by atoms with Crippen LogP contribution in [0.4, 0.5) is 13.2 Å². The molecule has 0 bridgehead atoms. The molecule has 0 aliphatic heterocycles. The van der Waals surface area contributed by atoms with Gasteiger partial charge in [-0.2, -0.15) is 0 Å². The van der Waals surface area contributed by atoms with Crippen LogP contribution in [0.5, 0.6) is 0 Å². The van der Waals surface area contributed by atoms with Gasteiger partial charge in [0.1, 0.15) is 5.82 Å². The Labute approximate surface area is 103 Å². The van der Waals surface area contributed by atoms with Gasteiger partial charge in [-0.3, -0.25) is 4.98 Å². The first-order valence-corrected chi connectivity index (χ1v) is 5.40. The summed E-state index contributed by atoms with van der Waals surface area (Å²) in [5, 5.41) is 0. The molecule has 1 nitrogen and oxygen atoms in total. The molecule has 18 heavy (non-hydrogen) atoms. The van der Waals surface area contributed by atoms with Crippen LogP contribution >= 0.6 is 0 Å². The highest BCUT2D eigenvalue weighted by atomic mass is 19.3. The van der Waals surface area contributed by atoms with Crippen LogP contribution in [0.15, 0.2) is 36.7 Å². The molecule has 0 unspecified atom stereocenters. The minimum Gasteiger partial charge on any atom is -0.264 e. The fraction of sp³-hybridized carbons (Fsp3) is 0.143. The van der Waals surface area contributed by atoms with Crippen LogP contribution < -0.4 is 0 Å². The van der Waals surface area contributed by atoms with Gasteiger partial charge in [0.25, 0.3) is 6.43 Å². The monoisotopic (exact) mass is 250 g/mol. The molecular formula is C14H11F3N. The molecule has 1 heterocycles. The molecule has 0 N–H and O–H groups in total. The van der Waals surface area contributed by atoms with Crippen LogP contribution in [0, 0.1) is 19.2 Å². The smallest absolute Gasteiger partial charge is 0.264 e. The van der Waals surface area contributed by atoms with Crippen molar-refractivity contribution >= 4 is 0 Å². The van der Waals surface area contributed by atoms with Crippen molar-refractivity contribution in [1.29, 1.82) is 0 Å². The average Bonchev–Trinajstić information content (AvgIpc) is 2.31. The predicted molar refractivity (Wildman–Crippen MR) is 62.8 cm³/mol. The van der Waals surface area contributed by atoms with Crippen molar-refractivity contribution in [1.82, 2.24) is 4.98 Å². The maximum Gasteiger partial charge on any atom is 0.266 e. The number of aryl methyl sites for hydroxylation is 1. The second kappa shape index (κ2) is 5.21. The molecule has 0 spiro atoms. The first-order chi connectivity index (χ1) is 8.56. The zero-order chi connectivity index (χ0) is 13.1. The summed E-state index contributed by atoms with van der Waals surface area (Å²) in [7, 11) is 0. The molecule has 1 radical (unpaired) electrons. The average molecular weight is 250 g/mol. The third kappa shape index (κ3) is 2.88. The number of hydrogen-bond acceptors (Lipinski definition) is 1. The van der Waals surface area contributed by atoms with Crippen molar-refractivity contribution in [3.63, 3.8) is 0 Å². The topological polar surface area (TPSA) is 12.9 Å². The van der Waals surface area contributed by atoms with E-state index in [-0.39, 0.29) is 0 Å². The van der Waals surface area contributed by atoms with E-state index in [0.29, 0.717) is 5.56 Å². The number of benzene rings is 1. The number of hydrogen-bond donors (Lipinski definition) is 0. The maximum atomic E-state index is 13.1. The lowest BCUT2D eigenvalue weighted by molar-refractivity contribution is 0.146.